The van der Waals surface area contributed by atoms with Gasteiger partial charge in [0.1, 0.15) is 0 Å². The molecule has 0 saturated heterocycles. The number of rotatable bonds is 1. The van der Waals surface area contributed by atoms with Crippen LogP contribution in [0.2, 0.25) is 0 Å². The van der Waals surface area contributed by atoms with E-state index >= 15 is 0 Å². The van der Waals surface area contributed by atoms with Crippen molar-refractivity contribution >= 4 is 23.8 Å². The zero-order valence-corrected chi connectivity index (χ0v) is 5.53. The van der Waals surface area contributed by atoms with Gasteiger partial charge in [-0.25, -0.2) is 0 Å². The fraction of sp³-hybridized carbons (Fsp3) is 0.667. The Hall–Kier alpha value is -0.240. The summed E-state index contributed by atoms with van der Waals surface area (Å²) in [5.74, 6) is 0. The largest absolute Gasteiger partial charge is 0.289 e. The van der Waals surface area contributed by atoms with Gasteiger partial charge in [-0.1, -0.05) is 12.2 Å². The molecule has 0 saturated carbocycles. The molecule has 0 bridgehead atoms. The molecule has 0 aromatic rings. The third kappa shape index (κ3) is 1.37. The van der Waals surface area contributed by atoms with Gasteiger partial charge in [0.25, 0.3) is 0 Å². The van der Waals surface area contributed by atoms with Crippen LogP contribution in [-0.2, 0) is 0 Å². The van der Waals surface area contributed by atoms with Crippen molar-refractivity contribution in [2.24, 2.45) is 4.99 Å². The molecule has 0 spiro atoms. The molecule has 0 aromatic carbocycles. The topological polar surface area (TPSA) is 12.4 Å². The molecule has 44 valence electrons. The van der Waals surface area contributed by atoms with E-state index < -0.39 is 0 Å². The number of hydrogen-bond donors (Lipinski definition) is 0. The summed E-state index contributed by atoms with van der Waals surface area (Å²) in [4.78, 5) is 4.16. The van der Waals surface area contributed by atoms with Crippen molar-refractivity contribution in [1.82, 2.24) is 0 Å². The molecule has 0 aromatic heterocycles. The third-order valence-corrected chi connectivity index (χ3v) is 1.60. The van der Waals surface area contributed by atoms with Crippen LogP contribution in [0.1, 0.15) is 19.3 Å². The molecule has 0 aliphatic carbocycles. The molecule has 0 amide bonds. The third-order valence-electron chi connectivity index (χ3n) is 1.29. The van der Waals surface area contributed by atoms with Crippen LogP contribution in [-0.4, -0.2) is 17.6 Å². The SMILES string of the molecule is S=CC1CCCC=N1. The number of thiocarbonyl (C=S) groups is 1. The van der Waals surface area contributed by atoms with Crippen LogP contribution in [0.25, 0.3) is 0 Å². The molecule has 0 N–H and O–H groups in total. The maximum absolute atomic E-state index is 4.73. The second-order valence-electron chi connectivity index (χ2n) is 1.97. The van der Waals surface area contributed by atoms with Crippen molar-refractivity contribution in [2.75, 3.05) is 0 Å². The second kappa shape index (κ2) is 2.92. The Morgan fingerprint density at radius 1 is 1.75 bits per heavy atom. The first-order chi connectivity index (χ1) is 3.93. The van der Waals surface area contributed by atoms with E-state index in [1.54, 1.807) is 5.37 Å². The summed E-state index contributed by atoms with van der Waals surface area (Å²) in [6.07, 6.45) is 5.51. The van der Waals surface area contributed by atoms with E-state index in [4.69, 9.17) is 12.2 Å². The summed E-state index contributed by atoms with van der Waals surface area (Å²) in [6.45, 7) is 0. The lowest BCUT2D eigenvalue weighted by atomic mass is 10.1. The summed E-state index contributed by atoms with van der Waals surface area (Å²) >= 11 is 4.73. The normalized spacial score (nSPS) is 27.8. The molecule has 1 rings (SSSR count). The molecule has 8 heavy (non-hydrogen) atoms. The van der Waals surface area contributed by atoms with Crippen LogP contribution in [0.5, 0.6) is 0 Å². The standard InChI is InChI=1S/C6H9NS/c8-5-6-3-1-2-4-7-6/h4-6H,1-3H2. The van der Waals surface area contributed by atoms with E-state index in [-0.39, 0.29) is 0 Å². The summed E-state index contributed by atoms with van der Waals surface area (Å²) in [5.41, 5.74) is 0. The second-order valence-corrected chi connectivity index (χ2v) is 2.24. The first kappa shape index (κ1) is 5.89. The zero-order chi connectivity index (χ0) is 5.82. The van der Waals surface area contributed by atoms with E-state index in [0.29, 0.717) is 6.04 Å². The van der Waals surface area contributed by atoms with Gasteiger partial charge in [0.2, 0.25) is 0 Å². The number of nitrogens with zero attached hydrogens (tertiary/aromatic N) is 1. The van der Waals surface area contributed by atoms with Crippen molar-refractivity contribution in [3.63, 3.8) is 0 Å². The van der Waals surface area contributed by atoms with E-state index in [1.807, 2.05) is 6.21 Å². The van der Waals surface area contributed by atoms with Crippen molar-refractivity contribution in [1.29, 1.82) is 0 Å². The highest BCUT2D eigenvalue weighted by Gasteiger charge is 2.03. The highest BCUT2D eigenvalue weighted by Crippen LogP contribution is 2.06. The molecule has 0 fully saturated rings. The molecule has 0 radical (unpaired) electrons. The van der Waals surface area contributed by atoms with E-state index in [0.717, 1.165) is 12.8 Å². The maximum Gasteiger partial charge on any atom is 0.0777 e. The molecular weight excluding hydrogens is 118 g/mol. The molecule has 1 aliphatic rings. The smallest absolute Gasteiger partial charge is 0.0777 e. The Bertz CT molecular complexity index is 109. The Balaban J connectivity index is 2.42. The minimum atomic E-state index is 0.346. The molecule has 1 heterocycles. The van der Waals surface area contributed by atoms with Crippen LogP contribution in [0, 0.1) is 0 Å². The van der Waals surface area contributed by atoms with Gasteiger partial charge in [0, 0.05) is 5.37 Å². The van der Waals surface area contributed by atoms with Crippen molar-refractivity contribution in [3.8, 4) is 0 Å². The molecule has 1 unspecified atom stereocenters. The van der Waals surface area contributed by atoms with E-state index in [2.05, 4.69) is 4.99 Å². The monoisotopic (exact) mass is 127 g/mol. The quantitative estimate of drug-likeness (QED) is 0.487. The lowest BCUT2D eigenvalue weighted by Gasteiger charge is -2.08. The van der Waals surface area contributed by atoms with Crippen LogP contribution in [0.15, 0.2) is 4.99 Å². The first-order valence-corrected chi connectivity index (χ1v) is 3.37. The highest BCUT2D eigenvalue weighted by molar-refractivity contribution is 7.79. The Labute approximate surface area is 54.8 Å². The molecule has 1 nitrogen and oxygen atoms in total. The lowest BCUT2D eigenvalue weighted by Crippen LogP contribution is -2.08. The van der Waals surface area contributed by atoms with Gasteiger partial charge in [0.15, 0.2) is 0 Å². The van der Waals surface area contributed by atoms with Gasteiger partial charge in [-0.15, -0.1) is 0 Å². The van der Waals surface area contributed by atoms with Gasteiger partial charge < -0.3 is 0 Å². The van der Waals surface area contributed by atoms with Crippen molar-refractivity contribution in [2.45, 2.75) is 25.3 Å². The summed E-state index contributed by atoms with van der Waals surface area (Å²) in [7, 11) is 0. The Kier molecular flexibility index (Phi) is 2.15. The fourth-order valence-corrected chi connectivity index (χ4v) is 1.01. The molecule has 1 atom stereocenters. The average molecular weight is 127 g/mol. The summed E-state index contributed by atoms with van der Waals surface area (Å²) in [5, 5.41) is 1.75. The summed E-state index contributed by atoms with van der Waals surface area (Å²) in [6, 6.07) is 0.346. The van der Waals surface area contributed by atoms with Crippen molar-refractivity contribution in [3.05, 3.63) is 0 Å². The fourth-order valence-electron chi connectivity index (χ4n) is 0.806. The first-order valence-electron chi connectivity index (χ1n) is 2.90. The van der Waals surface area contributed by atoms with E-state index in [1.165, 1.54) is 6.42 Å². The Morgan fingerprint density at radius 2 is 2.62 bits per heavy atom. The predicted molar refractivity (Wildman–Crippen MR) is 39.8 cm³/mol. The lowest BCUT2D eigenvalue weighted by molar-refractivity contribution is 0.696. The average Bonchev–Trinajstić information content (AvgIpc) is 1.90. The predicted octanol–water partition coefficient (Wildman–Crippen LogP) is 1.61. The van der Waals surface area contributed by atoms with Crippen LogP contribution >= 0.6 is 12.2 Å². The number of aliphatic imine (C=N–C) groups is 1. The number of hydrogen-bond acceptors (Lipinski definition) is 2. The Morgan fingerprint density at radius 3 is 3.00 bits per heavy atom. The summed E-state index contributed by atoms with van der Waals surface area (Å²) < 4.78 is 0. The van der Waals surface area contributed by atoms with Crippen LogP contribution in [0.3, 0.4) is 0 Å². The van der Waals surface area contributed by atoms with Gasteiger partial charge in [-0.05, 0) is 25.5 Å². The minimum absolute atomic E-state index is 0.346. The van der Waals surface area contributed by atoms with Gasteiger partial charge in [-0.3, -0.25) is 4.99 Å². The zero-order valence-electron chi connectivity index (χ0n) is 4.71. The van der Waals surface area contributed by atoms with Gasteiger partial charge in [-0.2, -0.15) is 0 Å². The molecular formula is C6H9NS. The van der Waals surface area contributed by atoms with Crippen molar-refractivity contribution < 1.29 is 0 Å². The molecule has 1 aliphatic heterocycles. The minimum Gasteiger partial charge on any atom is -0.289 e. The van der Waals surface area contributed by atoms with Gasteiger partial charge >= 0.3 is 0 Å². The van der Waals surface area contributed by atoms with E-state index in [9.17, 15) is 0 Å². The van der Waals surface area contributed by atoms with Gasteiger partial charge in [0.05, 0.1) is 6.04 Å². The van der Waals surface area contributed by atoms with Crippen LogP contribution in [0.4, 0.5) is 0 Å². The van der Waals surface area contributed by atoms with Crippen LogP contribution < -0.4 is 0 Å². The maximum atomic E-state index is 4.73. The molecule has 2 heteroatoms. The highest BCUT2D eigenvalue weighted by atomic mass is 32.1.